The van der Waals surface area contributed by atoms with Crippen LogP contribution in [0.25, 0.3) is 121 Å². The van der Waals surface area contributed by atoms with Gasteiger partial charge in [-0.3, -0.25) is 0 Å². The molecule has 4 nitrogen and oxygen atoms in total. The molecule has 0 fully saturated rings. The number of hydrogen-bond acceptors (Lipinski definition) is 5. The van der Waals surface area contributed by atoms with Gasteiger partial charge in [-0.25, -0.2) is 19.9 Å². The van der Waals surface area contributed by atoms with E-state index in [-0.39, 0.29) is 0 Å². The summed E-state index contributed by atoms with van der Waals surface area (Å²) >= 11 is 1.86. The lowest BCUT2D eigenvalue weighted by Crippen LogP contribution is -2.00. The Kier molecular flexibility index (Phi) is 8.98. The maximum absolute atomic E-state index is 5.32. The Morgan fingerprint density at radius 2 is 0.730 bits per heavy atom. The number of nitrogens with zero attached hydrogens (tertiary/aromatic N) is 4. The Balaban J connectivity index is 0.903. The SMILES string of the molecule is c1ccc(-c2nc(-c3ccccc3)nc(-c3cccc(-c4cccc(-c5ccc(-c6ccc7nc(-c8ccccc8)c8ccc9sc%10ccccc%10c9c8c7c6)cc5)c4)c3)n2)cc1. The van der Waals surface area contributed by atoms with Crippen LogP contribution >= 0.6 is 11.3 Å². The highest BCUT2D eigenvalue weighted by atomic mass is 32.1. The Morgan fingerprint density at radius 1 is 0.254 bits per heavy atom. The lowest BCUT2D eigenvalue weighted by atomic mass is 9.93. The number of rotatable bonds is 7. The highest BCUT2D eigenvalue weighted by Crippen LogP contribution is 2.44. The molecule has 0 aliphatic heterocycles. The Labute approximate surface area is 368 Å². The second kappa shape index (κ2) is 15.4. The van der Waals surface area contributed by atoms with E-state index in [0.29, 0.717) is 17.5 Å². The Morgan fingerprint density at radius 3 is 1.37 bits per heavy atom. The number of benzene rings is 9. The highest BCUT2D eigenvalue weighted by molar-refractivity contribution is 7.26. The molecule has 0 spiro atoms. The third kappa shape index (κ3) is 6.72. The molecule has 0 aliphatic carbocycles. The standard InChI is InChI=1S/C58H36N4S/c1-4-14-39(15-5-1)55-48-31-33-52-54(47-24-10-11-25-51(47)63-52)53(48)49-36-45(30-32-50(49)59-55)38-28-26-37(27-29-38)42-20-12-21-43(34-42)44-22-13-23-46(35-44)58-61-56(40-16-6-2-7-17-40)60-57(62-58)41-18-8-3-9-19-41/h1-36H. The average Bonchev–Trinajstić information content (AvgIpc) is 3.76. The quantitative estimate of drug-likeness (QED) is 0.150. The van der Waals surface area contributed by atoms with Gasteiger partial charge in [0.25, 0.3) is 0 Å². The summed E-state index contributed by atoms with van der Waals surface area (Å²) in [5.74, 6) is 1.93. The summed E-state index contributed by atoms with van der Waals surface area (Å²) in [6.07, 6.45) is 0. The normalized spacial score (nSPS) is 11.5. The van der Waals surface area contributed by atoms with Crippen molar-refractivity contribution in [2.45, 2.75) is 0 Å². The van der Waals surface area contributed by atoms with Crippen molar-refractivity contribution in [1.82, 2.24) is 19.9 Å². The molecule has 9 aromatic carbocycles. The maximum atomic E-state index is 5.32. The van der Waals surface area contributed by atoms with Gasteiger partial charge in [-0.05, 0) is 69.8 Å². The maximum Gasteiger partial charge on any atom is 0.164 e. The van der Waals surface area contributed by atoms with Crippen LogP contribution in [0, 0.1) is 0 Å². The molecule has 12 aromatic rings. The number of pyridine rings is 1. The van der Waals surface area contributed by atoms with Gasteiger partial charge < -0.3 is 0 Å². The molecule has 0 bridgehead atoms. The van der Waals surface area contributed by atoms with Crippen LogP contribution < -0.4 is 0 Å². The Hall–Kier alpha value is -8.12. The number of aromatic nitrogens is 4. The molecule has 294 valence electrons. The van der Waals surface area contributed by atoms with Crippen molar-refractivity contribution in [2.75, 3.05) is 0 Å². The van der Waals surface area contributed by atoms with Crippen LogP contribution in [-0.2, 0) is 0 Å². The van der Waals surface area contributed by atoms with Crippen molar-refractivity contribution >= 4 is 53.2 Å². The summed E-state index contributed by atoms with van der Waals surface area (Å²) in [6.45, 7) is 0. The minimum atomic E-state index is 0.637. The van der Waals surface area contributed by atoms with E-state index in [4.69, 9.17) is 19.9 Å². The summed E-state index contributed by atoms with van der Waals surface area (Å²) in [5.41, 5.74) is 12.8. The van der Waals surface area contributed by atoms with Crippen molar-refractivity contribution in [1.29, 1.82) is 0 Å². The van der Waals surface area contributed by atoms with Crippen LogP contribution in [-0.4, -0.2) is 19.9 Å². The summed E-state index contributed by atoms with van der Waals surface area (Å²) in [5, 5.41) is 6.19. The van der Waals surface area contributed by atoms with E-state index in [1.54, 1.807) is 0 Å². The molecular weight excluding hydrogens is 785 g/mol. The van der Waals surface area contributed by atoms with E-state index in [1.807, 2.05) is 72.0 Å². The van der Waals surface area contributed by atoms with Crippen LogP contribution in [0.2, 0.25) is 0 Å². The zero-order valence-electron chi connectivity index (χ0n) is 34.0. The molecule has 5 heteroatoms. The molecule has 0 unspecified atom stereocenters. The molecule has 3 heterocycles. The fourth-order valence-corrected chi connectivity index (χ4v) is 9.93. The van der Waals surface area contributed by atoms with Crippen LogP contribution in [0.1, 0.15) is 0 Å². The van der Waals surface area contributed by atoms with Crippen LogP contribution in [0.3, 0.4) is 0 Å². The lowest BCUT2D eigenvalue weighted by Gasteiger charge is -2.13. The predicted octanol–water partition coefficient (Wildman–Crippen LogP) is 15.6. The van der Waals surface area contributed by atoms with Crippen molar-refractivity contribution < 1.29 is 0 Å². The molecule has 12 rings (SSSR count). The minimum absolute atomic E-state index is 0.637. The first-order valence-corrected chi connectivity index (χ1v) is 21.9. The molecule has 0 atom stereocenters. The van der Waals surface area contributed by atoms with Crippen LogP contribution in [0.5, 0.6) is 0 Å². The number of fused-ring (bicyclic) bond motifs is 7. The van der Waals surface area contributed by atoms with Gasteiger partial charge in [0.1, 0.15) is 0 Å². The average molecular weight is 821 g/mol. The van der Waals surface area contributed by atoms with E-state index in [1.165, 1.54) is 36.3 Å². The van der Waals surface area contributed by atoms with Crippen molar-refractivity contribution in [3.63, 3.8) is 0 Å². The largest absolute Gasteiger partial charge is 0.247 e. The van der Waals surface area contributed by atoms with Crippen molar-refractivity contribution in [2.24, 2.45) is 0 Å². The molecule has 63 heavy (non-hydrogen) atoms. The summed E-state index contributed by atoms with van der Waals surface area (Å²) < 4.78 is 2.59. The number of hydrogen-bond donors (Lipinski definition) is 0. The highest BCUT2D eigenvalue weighted by Gasteiger charge is 2.18. The Bertz CT molecular complexity index is 3600. The van der Waals surface area contributed by atoms with Gasteiger partial charge in [0.05, 0.1) is 11.2 Å². The van der Waals surface area contributed by atoms with E-state index >= 15 is 0 Å². The topological polar surface area (TPSA) is 51.6 Å². The first-order chi connectivity index (χ1) is 31.2. The zero-order chi connectivity index (χ0) is 41.7. The molecule has 0 amide bonds. The number of thiophene rings is 1. The van der Waals surface area contributed by atoms with Gasteiger partial charge in [-0.1, -0.05) is 182 Å². The molecule has 0 saturated carbocycles. The molecule has 0 radical (unpaired) electrons. The third-order valence-corrected chi connectivity index (χ3v) is 13.0. The van der Waals surface area contributed by atoms with E-state index in [2.05, 4.69) is 158 Å². The fraction of sp³-hybridized carbons (Fsp3) is 0. The van der Waals surface area contributed by atoms with Gasteiger partial charge in [0.2, 0.25) is 0 Å². The van der Waals surface area contributed by atoms with Gasteiger partial charge in [-0.15, -0.1) is 11.3 Å². The first kappa shape index (κ1) is 36.7. The predicted molar refractivity (Wildman–Crippen MR) is 264 cm³/mol. The van der Waals surface area contributed by atoms with Crippen molar-refractivity contribution in [3.05, 3.63) is 218 Å². The summed E-state index contributed by atoms with van der Waals surface area (Å²) in [4.78, 5) is 20.2. The van der Waals surface area contributed by atoms with Crippen LogP contribution in [0.15, 0.2) is 218 Å². The summed E-state index contributed by atoms with van der Waals surface area (Å²) in [7, 11) is 0. The monoisotopic (exact) mass is 820 g/mol. The summed E-state index contributed by atoms with van der Waals surface area (Å²) in [6, 6.07) is 77.0. The van der Waals surface area contributed by atoms with E-state index in [0.717, 1.165) is 66.8 Å². The zero-order valence-corrected chi connectivity index (χ0v) is 34.8. The molecular formula is C58H36N4S. The van der Waals surface area contributed by atoms with Gasteiger partial charge >= 0.3 is 0 Å². The van der Waals surface area contributed by atoms with E-state index in [9.17, 15) is 0 Å². The molecule has 0 N–H and O–H groups in total. The van der Waals surface area contributed by atoms with Gasteiger partial charge in [0, 0.05) is 58.6 Å². The lowest BCUT2D eigenvalue weighted by molar-refractivity contribution is 1.07. The smallest absolute Gasteiger partial charge is 0.164 e. The van der Waals surface area contributed by atoms with Crippen molar-refractivity contribution in [3.8, 4) is 78.8 Å². The van der Waals surface area contributed by atoms with Gasteiger partial charge in [0.15, 0.2) is 17.5 Å². The molecule has 0 saturated heterocycles. The molecule has 3 aromatic heterocycles. The minimum Gasteiger partial charge on any atom is -0.247 e. The van der Waals surface area contributed by atoms with Crippen LogP contribution in [0.4, 0.5) is 0 Å². The molecule has 0 aliphatic rings. The first-order valence-electron chi connectivity index (χ1n) is 21.1. The second-order valence-electron chi connectivity index (χ2n) is 15.8. The van der Waals surface area contributed by atoms with Gasteiger partial charge in [-0.2, -0.15) is 0 Å². The fourth-order valence-electron chi connectivity index (χ4n) is 8.81. The van der Waals surface area contributed by atoms with E-state index < -0.39 is 0 Å². The second-order valence-corrected chi connectivity index (χ2v) is 16.9. The third-order valence-electron chi connectivity index (χ3n) is 11.9.